The van der Waals surface area contributed by atoms with Crippen LogP contribution in [0.1, 0.15) is 21.6 Å². The number of hydrogen-bond acceptors (Lipinski definition) is 5. The van der Waals surface area contributed by atoms with E-state index in [4.69, 9.17) is 11.6 Å². The Morgan fingerprint density at radius 2 is 1.83 bits per heavy atom. The standard InChI is InChI=1S/C26H20ClN3O4S/c1-14-11-15(2)22-20(12-14)29-35-21(22)13-26(24(32)33,16-7-9-17(27)10-8-16)30-23(31)18-5-3-4-6-19(18)28-25(30)34/h3-12H,13H2,1-2H3,(H,28,34)(H,32,33)/t26-/m1/s1. The van der Waals surface area contributed by atoms with Crippen LogP contribution in [0.2, 0.25) is 5.02 Å². The highest BCUT2D eigenvalue weighted by Crippen LogP contribution is 2.36. The van der Waals surface area contributed by atoms with Gasteiger partial charge in [0.1, 0.15) is 0 Å². The van der Waals surface area contributed by atoms with Gasteiger partial charge in [0.15, 0.2) is 5.54 Å². The molecule has 0 amide bonds. The highest BCUT2D eigenvalue weighted by atomic mass is 35.5. The zero-order valence-corrected chi connectivity index (χ0v) is 20.4. The Labute approximate surface area is 208 Å². The number of aryl methyl sites for hydroxylation is 2. The number of rotatable bonds is 5. The SMILES string of the molecule is Cc1cc(C)c2c(C[C@](C(=O)O)(c3ccc(Cl)cc3)n3c(=O)[nH]c4ccccc4c3=O)snc2c1. The number of H-pyrrole nitrogens is 1. The van der Waals surface area contributed by atoms with Gasteiger partial charge in [-0.1, -0.05) is 41.9 Å². The van der Waals surface area contributed by atoms with E-state index in [1.54, 1.807) is 36.4 Å². The molecule has 35 heavy (non-hydrogen) atoms. The lowest BCUT2D eigenvalue weighted by Crippen LogP contribution is -2.56. The Morgan fingerprint density at radius 3 is 2.54 bits per heavy atom. The molecular weight excluding hydrogens is 486 g/mol. The molecular formula is C26H20ClN3O4S. The van der Waals surface area contributed by atoms with Crippen molar-refractivity contribution in [2.45, 2.75) is 25.8 Å². The molecule has 176 valence electrons. The molecule has 0 aliphatic rings. The Balaban J connectivity index is 1.88. The maximum atomic E-state index is 13.7. The second-order valence-electron chi connectivity index (χ2n) is 8.55. The normalized spacial score (nSPS) is 13.2. The first-order chi connectivity index (χ1) is 16.7. The van der Waals surface area contributed by atoms with Gasteiger partial charge in [0, 0.05) is 21.7 Å². The molecule has 0 saturated heterocycles. The number of aromatic amines is 1. The van der Waals surface area contributed by atoms with Crippen molar-refractivity contribution in [3.05, 3.63) is 108 Å². The monoisotopic (exact) mass is 505 g/mol. The Bertz CT molecular complexity index is 1740. The van der Waals surface area contributed by atoms with Crippen LogP contribution in [0.25, 0.3) is 21.8 Å². The lowest BCUT2D eigenvalue weighted by molar-refractivity contribution is -0.145. The largest absolute Gasteiger partial charge is 0.479 e. The average Bonchev–Trinajstić information content (AvgIpc) is 3.21. The first-order valence-electron chi connectivity index (χ1n) is 10.8. The van der Waals surface area contributed by atoms with Crippen molar-refractivity contribution in [3.8, 4) is 0 Å². The zero-order valence-electron chi connectivity index (χ0n) is 18.8. The third kappa shape index (κ3) is 3.66. The van der Waals surface area contributed by atoms with E-state index >= 15 is 0 Å². The summed E-state index contributed by atoms with van der Waals surface area (Å²) < 4.78 is 5.35. The number of nitrogens with one attached hydrogen (secondary N) is 1. The van der Waals surface area contributed by atoms with Crippen LogP contribution in [-0.2, 0) is 16.8 Å². The van der Waals surface area contributed by atoms with E-state index in [1.165, 1.54) is 23.7 Å². The van der Waals surface area contributed by atoms with Crippen molar-refractivity contribution in [2.24, 2.45) is 0 Å². The van der Waals surface area contributed by atoms with E-state index < -0.39 is 22.8 Å². The summed E-state index contributed by atoms with van der Waals surface area (Å²) in [7, 11) is 0. The van der Waals surface area contributed by atoms with Gasteiger partial charge >= 0.3 is 11.7 Å². The van der Waals surface area contributed by atoms with Crippen molar-refractivity contribution in [2.75, 3.05) is 0 Å². The zero-order chi connectivity index (χ0) is 24.9. The number of aliphatic carboxylic acids is 1. The molecule has 0 radical (unpaired) electrons. The highest BCUT2D eigenvalue weighted by molar-refractivity contribution is 7.07. The number of carboxylic acid groups (broad SMARTS) is 1. The highest BCUT2D eigenvalue weighted by Gasteiger charge is 2.46. The second kappa shape index (κ2) is 8.48. The maximum absolute atomic E-state index is 13.7. The van der Waals surface area contributed by atoms with Crippen LogP contribution < -0.4 is 11.2 Å². The minimum atomic E-state index is -2.05. The number of fused-ring (bicyclic) bond motifs is 2. The van der Waals surface area contributed by atoms with Gasteiger partial charge in [-0.25, -0.2) is 14.2 Å². The number of hydrogen-bond donors (Lipinski definition) is 2. The molecule has 0 aliphatic heterocycles. The van der Waals surface area contributed by atoms with Gasteiger partial charge in [0.2, 0.25) is 0 Å². The summed E-state index contributed by atoms with van der Waals surface area (Å²) in [6.07, 6.45) is -0.156. The molecule has 0 fully saturated rings. The number of nitrogens with zero attached hydrogens (tertiary/aromatic N) is 2. The van der Waals surface area contributed by atoms with Crippen molar-refractivity contribution < 1.29 is 9.90 Å². The number of carbonyl (C=O) groups is 1. The molecule has 0 unspecified atom stereocenters. The molecule has 5 aromatic rings. The minimum absolute atomic E-state index is 0.156. The van der Waals surface area contributed by atoms with E-state index in [-0.39, 0.29) is 17.4 Å². The summed E-state index contributed by atoms with van der Waals surface area (Å²) in [5, 5.41) is 12.2. The fraction of sp³-hybridized carbons (Fsp3) is 0.154. The molecule has 0 bridgehead atoms. The number of aromatic nitrogens is 3. The van der Waals surface area contributed by atoms with E-state index in [2.05, 4.69) is 9.36 Å². The van der Waals surface area contributed by atoms with Crippen LogP contribution in [0, 0.1) is 13.8 Å². The van der Waals surface area contributed by atoms with Crippen molar-refractivity contribution in [3.63, 3.8) is 0 Å². The smallest absolute Gasteiger partial charge is 0.335 e. The van der Waals surface area contributed by atoms with E-state index in [0.717, 1.165) is 26.6 Å². The van der Waals surface area contributed by atoms with Crippen molar-refractivity contribution in [1.29, 1.82) is 0 Å². The lowest BCUT2D eigenvalue weighted by Gasteiger charge is -2.31. The topological polar surface area (TPSA) is 105 Å². The van der Waals surface area contributed by atoms with Crippen molar-refractivity contribution >= 4 is 50.9 Å². The third-order valence-electron chi connectivity index (χ3n) is 6.27. The Kier molecular flexibility index (Phi) is 5.57. The molecule has 7 nitrogen and oxygen atoms in total. The summed E-state index contributed by atoms with van der Waals surface area (Å²) in [5.74, 6) is -1.34. The molecule has 9 heteroatoms. The maximum Gasteiger partial charge on any atom is 0.335 e. The molecule has 5 rings (SSSR count). The molecule has 1 atom stereocenters. The molecule has 2 N–H and O–H groups in total. The Hall–Kier alpha value is -3.75. The average molecular weight is 506 g/mol. The summed E-state index contributed by atoms with van der Waals surface area (Å²) in [6, 6.07) is 16.6. The second-order valence-corrected chi connectivity index (χ2v) is 9.84. The quantitative estimate of drug-likeness (QED) is 0.362. The number of carboxylic acids is 1. The van der Waals surface area contributed by atoms with E-state index in [0.29, 0.717) is 15.4 Å². The number of para-hydroxylation sites is 1. The van der Waals surface area contributed by atoms with Gasteiger partial charge in [-0.15, -0.1) is 0 Å². The molecule has 0 spiro atoms. The first kappa shape index (κ1) is 23.0. The molecule has 0 aliphatic carbocycles. The van der Waals surface area contributed by atoms with Crippen LogP contribution in [0.3, 0.4) is 0 Å². The van der Waals surface area contributed by atoms with Crippen LogP contribution in [0.5, 0.6) is 0 Å². The van der Waals surface area contributed by atoms with Crippen LogP contribution >= 0.6 is 23.1 Å². The summed E-state index contributed by atoms with van der Waals surface area (Å²) in [5.41, 5.74) is -0.230. The molecule has 2 aromatic heterocycles. The summed E-state index contributed by atoms with van der Waals surface area (Å²) >= 11 is 7.26. The van der Waals surface area contributed by atoms with E-state index in [1.807, 2.05) is 26.0 Å². The van der Waals surface area contributed by atoms with Crippen molar-refractivity contribution in [1.82, 2.24) is 13.9 Å². The van der Waals surface area contributed by atoms with Gasteiger partial charge < -0.3 is 10.1 Å². The van der Waals surface area contributed by atoms with Crippen LogP contribution in [-0.4, -0.2) is 25.0 Å². The predicted molar refractivity (Wildman–Crippen MR) is 138 cm³/mol. The van der Waals surface area contributed by atoms with Gasteiger partial charge in [-0.2, -0.15) is 4.37 Å². The fourth-order valence-corrected chi connectivity index (χ4v) is 5.83. The van der Waals surface area contributed by atoms with Gasteiger partial charge in [-0.3, -0.25) is 4.79 Å². The van der Waals surface area contributed by atoms with Gasteiger partial charge in [0.25, 0.3) is 5.56 Å². The van der Waals surface area contributed by atoms with Gasteiger partial charge in [-0.05, 0) is 72.4 Å². The first-order valence-corrected chi connectivity index (χ1v) is 12.0. The number of benzene rings is 3. The van der Waals surface area contributed by atoms with Crippen LogP contribution in [0.15, 0.2) is 70.3 Å². The molecule has 3 aromatic carbocycles. The third-order valence-corrected chi connectivity index (χ3v) is 7.38. The van der Waals surface area contributed by atoms with Gasteiger partial charge in [0.05, 0.1) is 16.4 Å². The fourth-order valence-electron chi connectivity index (χ4n) is 4.72. The molecule has 0 saturated carbocycles. The lowest BCUT2D eigenvalue weighted by atomic mass is 9.84. The Morgan fingerprint density at radius 1 is 1.11 bits per heavy atom. The van der Waals surface area contributed by atoms with Crippen LogP contribution in [0.4, 0.5) is 0 Å². The summed E-state index contributed by atoms with van der Waals surface area (Å²) in [6.45, 7) is 3.90. The predicted octanol–water partition coefficient (Wildman–Crippen LogP) is 4.64. The summed E-state index contributed by atoms with van der Waals surface area (Å²) in [4.78, 5) is 43.6. The van der Waals surface area contributed by atoms with E-state index in [9.17, 15) is 19.5 Å². The number of halogens is 1. The molecule has 2 heterocycles. The minimum Gasteiger partial charge on any atom is -0.479 e.